The van der Waals surface area contributed by atoms with E-state index in [0.29, 0.717) is 6.61 Å². The first kappa shape index (κ1) is 15.4. The van der Waals surface area contributed by atoms with Gasteiger partial charge < -0.3 is 9.30 Å². The van der Waals surface area contributed by atoms with Gasteiger partial charge >= 0.3 is 5.97 Å². The number of rotatable bonds is 3. The van der Waals surface area contributed by atoms with Crippen molar-refractivity contribution in [2.24, 2.45) is 13.0 Å². The lowest BCUT2D eigenvalue weighted by atomic mass is 9.88. The Balaban J connectivity index is 1.82. The van der Waals surface area contributed by atoms with Crippen LogP contribution in [0.25, 0.3) is 10.9 Å². The van der Waals surface area contributed by atoms with Crippen molar-refractivity contribution in [2.45, 2.75) is 25.5 Å². The third-order valence-corrected chi connectivity index (χ3v) is 5.23. The highest BCUT2D eigenvalue weighted by Crippen LogP contribution is 2.46. The second-order valence-corrected chi connectivity index (χ2v) is 6.55. The molecule has 0 saturated carbocycles. The molecule has 24 heavy (non-hydrogen) atoms. The normalized spacial score (nSPS) is 26.2. The van der Waals surface area contributed by atoms with Gasteiger partial charge in [0.2, 0.25) is 0 Å². The van der Waals surface area contributed by atoms with Gasteiger partial charge in [-0.3, -0.25) is 9.63 Å². The number of nitrogens with zero attached hydrogens (tertiary/aromatic N) is 2. The molecule has 2 aliphatic heterocycles. The number of aromatic nitrogens is 1. The Hall–Kier alpha value is -2.11. The number of hydroxylamine groups is 2. The van der Waals surface area contributed by atoms with E-state index in [4.69, 9.17) is 9.57 Å². The van der Waals surface area contributed by atoms with E-state index in [2.05, 4.69) is 42.5 Å². The molecule has 3 atom stereocenters. The van der Waals surface area contributed by atoms with Crippen molar-refractivity contribution in [2.75, 3.05) is 13.2 Å². The predicted molar refractivity (Wildman–Crippen MR) is 91.3 cm³/mol. The number of hydrogen-bond donors (Lipinski definition) is 0. The van der Waals surface area contributed by atoms with Crippen LogP contribution in [0.1, 0.15) is 24.2 Å². The van der Waals surface area contributed by atoms with Gasteiger partial charge in [-0.15, -0.1) is 6.58 Å². The molecule has 3 heterocycles. The average molecular weight is 326 g/mol. The summed E-state index contributed by atoms with van der Waals surface area (Å²) in [6.07, 6.45) is 2.63. The van der Waals surface area contributed by atoms with E-state index < -0.39 is 0 Å². The SMILES string of the molecule is C=C[C@H]1ON2CCc3c(n(C)c4ccccc34)[C@@H]2[C@H]1COC(C)=O. The zero-order valence-corrected chi connectivity index (χ0v) is 14.1. The molecule has 1 fully saturated rings. The van der Waals surface area contributed by atoms with Crippen molar-refractivity contribution in [3.63, 3.8) is 0 Å². The number of carbonyl (C=O) groups excluding carboxylic acids is 1. The molecule has 0 spiro atoms. The third-order valence-electron chi connectivity index (χ3n) is 5.23. The van der Waals surface area contributed by atoms with Crippen LogP contribution < -0.4 is 0 Å². The van der Waals surface area contributed by atoms with Crippen LogP contribution in [0.5, 0.6) is 0 Å². The summed E-state index contributed by atoms with van der Waals surface area (Å²) in [4.78, 5) is 17.4. The van der Waals surface area contributed by atoms with Gasteiger partial charge in [-0.1, -0.05) is 24.3 Å². The summed E-state index contributed by atoms with van der Waals surface area (Å²) in [6, 6.07) is 8.57. The molecule has 0 unspecified atom stereocenters. The minimum Gasteiger partial charge on any atom is -0.465 e. The third kappa shape index (κ3) is 2.19. The van der Waals surface area contributed by atoms with Gasteiger partial charge in [-0.2, -0.15) is 5.06 Å². The van der Waals surface area contributed by atoms with Crippen molar-refractivity contribution in [3.8, 4) is 0 Å². The van der Waals surface area contributed by atoms with Crippen molar-refractivity contribution >= 4 is 16.9 Å². The highest BCUT2D eigenvalue weighted by atomic mass is 16.7. The minimum absolute atomic E-state index is 0.0495. The summed E-state index contributed by atoms with van der Waals surface area (Å²) in [7, 11) is 2.11. The fraction of sp³-hybridized carbons (Fsp3) is 0.421. The fourth-order valence-electron chi connectivity index (χ4n) is 4.19. The molecule has 5 nitrogen and oxygen atoms in total. The largest absolute Gasteiger partial charge is 0.465 e. The molecule has 0 aliphatic carbocycles. The molecule has 0 amide bonds. The standard InChI is InChI=1S/C19H22N2O3/c1-4-17-15(11-23-12(2)22)19-18-14(9-10-21(19)24-17)13-7-5-6-8-16(13)20(18)3/h4-8,15,17,19H,1,9-11H2,2-3H3/t15-,17+,19-/m0/s1. The molecule has 0 bridgehead atoms. The first-order valence-corrected chi connectivity index (χ1v) is 8.37. The maximum absolute atomic E-state index is 11.3. The molecular formula is C19H22N2O3. The number of aryl methyl sites for hydroxylation is 1. The Morgan fingerprint density at radius 3 is 3.00 bits per heavy atom. The summed E-state index contributed by atoms with van der Waals surface area (Å²) >= 11 is 0. The molecule has 0 radical (unpaired) electrons. The van der Waals surface area contributed by atoms with Gasteiger partial charge in [0.15, 0.2) is 0 Å². The minimum atomic E-state index is -0.260. The van der Waals surface area contributed by atoms with Crippen LogP contribution >= 0.6 is 0 Å². The van der Waals surface area contributed by atoms with Crippen LogP contribution in [0.2, 0.25) is 0 Å². The Kier molecular flexibility index (Phi) is 3.70. The van der Waals surface area contributed by atoms with Gasteiger partial charge in [0.1, 0.15) is 6.10 Å². The van der Waals surface area contributed by atoms with Crippen LogP contribution in [0.4, 0.5) is 0 Å². The van der Waals surface area contributed by atoms with Crippen LogP contribution in [0, 0.1) is 5.92 Å². The number of para-hydroxylation sites is 1. The molecule has 2 aromatic rings. The van der Waals surface area contributed by atoms with E-state index in [-0.39, 0.29) is 24.0 Å². The van der Waals surface area contributed by atoms with Crippen molar-refractivity contribution in [3.05, 3.63) is 48.2 Å². The maximum Gasteiger partial charge on any atom is 0.302 e. The Bertz CT molecular complexity index is 810. The van der Waals surface area contributed by atoms with Crippen LogP contribution in [0.3, 0.4) is 0 Å². The van der Waals surface area contributed by atoms with Crippen LogP contribution in [-0.2, 0) is 27.8 Å². The zero-order chi connectivity index (χ0) is 16.8. The van der Waals surface area contributed by atoms with Crippen LogP contribution in [0.15, 0.2) is 36.9 Å². The van der Waals surface area contributed by atoms with E-state index >= 15 is 0 Å². The molecule has 5 heteroatoms. The first-order chi connectivity index (χ1) is 11.6. The molecule has 4 rings (SSSR count). The lowest BCUT2D eigenvalue weighted by molar-refractivity contribution is -0.155. The molecule has 1 saturated heterocycles. The fourth-order valence-corrected chi connectivity index (χ4v) is 4.19. The monoisotopic (exact) mass is 326 g/mol. The van der Waals surface area contributed by atoms with E-state index in [1.807, 2.05) is 11.1 Å². The quantitative estimate of drug-likeness (QED) is 0.643. The second-order valence-electron chi connectivity index (χ2n) is 6.55. The number of benzene rings is 1. The molecule has 1 aromatic carbocycles. The molecule has 1 aromatic heterocycles. The predicted octanol–water partition coefficient (Wildman–Crippen LogP) is 2.76. The topological polar surface area (TPSA) is 43.7 Å². The number of carbonyl (C=O) groups is 1. The average Bonchev–Trinajstić information content (AvgIpc) is 3.09. The van der Waals surface area contributed by atoms with E-state index in [9.17, 15) is 4.79 Å². The molecular weight excluding hydrogens is 304 g/mol. The van der Waals surface area contributed by atoms with E-state index in [0.717, 1.165) is 13.0 Å². The van der Waals surface area contributed by atoms with Crippen molar-refractivity contribution in [1.82, 2.24) is 9.63 Å². The van der Waals surface area contributed by atoms with Gasteiger partial charge in [0.25, 0.3) is 0 Å². The van der Waals surface area contributed by atoms with Gasteiger partial charge in [-0.05, 0) is 18.1 Å². The summed E-state index contributed by atoms with van der Waals surface area (Å²) in [5.74, 6) is -0.210. The summed E-state index contributed by atoms with van der Waals surface area (Å²) in [5.41, 5.74) is 3.89. The highest BCUT2D eigenvalue weighted by molar-refractivity contribution is 5.86. The van der Waals surface area contributed by atoms with Crippen LogP contribution in [-0.4, -0.2) is 34.9 Å². The molecule has 126 valence electrons. The van der Waals surface area contributed by atoms with Crippen molar-refractivity contribution < 1.29 is 14.4 Å². The Labute approximate surface area is 141 Å². The van der Waals surface area contributed by atoms with Gasteiger partial charge in [0, 0.05) is 43.0 Å². The Morgan fingerprint density at radius 2 is 2.25 bits per heavy atom. The van der Waals surface area contributed by atoms with Crippen molar-refractivity contribution in [1.29, 1.82) is 0 Å². The maximum atomic E-state index is 11.3. The lowest BCUT2D eigenvalue weighted by Crippen LogP contribution is -2.34. The summed E-state index contributed by atoms with van der Waals surface area (Å²) < 4.78 is 7.59. The number of ether oxygens (including phenoxy) is 1. The van der Waals surface area contributed by atoms with Gasteiger partial charge in [0.05, 0.1) is 12.6 Å². The first-order valence-electron chi connectivity index (χ1n) is 8.37. The van der Waals surface area contributed by atoms with E-state index in [1.54, 1.807) is 0 Å². The summed E-state index contributed by atoms with van der Waals surface area (Å²) in [6.45, 7) is 6.53. The summed E-state index contributed by atoms with van der Waals surface area (Å²) in [5, 5.41) is 3.35. The number of esters is 1. The van der Waals surface area contributed by atoms with E-state index in [1.165, 1.54) is 29.1 Å². The number of fused-ring (bicyclic) bond motifs is 5. The number of hydrogen-bond acceptors (Lipinski definition) is 4. The molecule has 0 N–H and O–H groups in total. The highest BCUT2D eigenvalue weighted by Gasteiger charge is 2.47. The Morgan fingerprint density at radius 1 is 1.46 bits per heavy atom. The smallest absolute Gasteiger partial charge is 0.302 e. The second kappa shape index (κ2) is 5.76. The molecule has 2 aliphatic rings. The lowest BCUT2D eigenvalue weighted by Gasteiger charge is -2.31. The zero-order valence-electron chi connectivity index (χ0n) is 14.1. The van der Waals surface area contributed by atoms with Gasteiger partial charge in [-0.25, -0.2) is 0 Å².